The zero-order valence-electron chi connectivity index (χ0n) is 17.4. The van der Waals surface area contributed by atoms with Crippen LogP contribution in [-0.4, -0.2) is 71.0 Å². The van der Waals surface area contributed by atoms with Crippen LogP contribution in [0.25, 0.3) is 0 Å². The van der Waals surface area contributed by atoms with E-state index in [-0.39, 0.29) is 24.0 Å². The Balaban J connectivity index is 0.00000392. The summed E-state index contributed by atoms with van der Waals surface area (Å²) in [4.78, 5) is 6.94. The Morgan fingerprint density at radius 3 is 2.50 bits per heavy atom. The van der Waals surface area contributed by atoms with Gasteiger partial charge < -0.3 is 20.1 Å². The van der Waals surface area contributed by atoms with Gasteiger partial charge in [-0.1, -0.05) is 30.3 Å². The van der Waals surface area contributed by atoms with E-state index < -0.39 is 0 Å². The Kier molecular flexibility index (Phi) is 14.3. The molecule has 1 aliphatic rings. The summed E-state index contributed by atoms with van der Waals surface area (Å²) in [5.74, 6) is 0.871. The first-order chi connectivity index (χ1) is 13.3. The zero-order valence-corrected chi connectivity index (χ0v) is 19.7. The predicted octanol–water partition coefficient (Wildman–Crippen LogP) is 3.05. The van der Waals surface area contributed by atoms with E-state index in [0.29, 0.717) is 19.3 Å². The maximum absolute atomic E-state index is 5.49. The quantitative estimate of drug-likeness (QED) is 0.198. The van der Waals surface area contributed by atoms with Crippen LogP contribution in [0.2, 0.25) is 0 Å². The number of likely N-dealkylation sites (tertiary alicyclic amines) is 1. The third-order valence-electron chi connectivity index (χ3n) is 4.89. The fourth-order valence-electron chi connectivity index (χ4n) is 3.38. The first-order valence-electron chi connectivity index (χ1n) is 10.2. The largest absolute Gasteiger partial charge is 0.382 e. The van der Waals surface area contributed by atoms with E-state index >= 15 is 0 Å². The van der Waals surface area contributed by atoms with E-state index in [9.17, 15) is 0 Å². The Morgan fingerprint density at radius 1 is 1.07 bits per heavy atom. The molecule has 28 heavy (non-hydrogen) atoms. The molecule has 0 aromatic heterocycles. The molecule has 160 valence electrons. The second kappa shape index (κ2) is 16.0. The van der Waals surface area contributed by atoms with Crippen LogP contribution in [0.5, 0.6) is 0 Å². The Bertz CT molecular complexity index is 524. The Labute approximate surface area is 187 Å². The Morgan fingerprint density at radius 2 is 1.82 bits per heavy atom. The number of rotatable bonds is 12. The number of methoxy groups -OCH3 is 1. The van der Waals surface area contributed by atoms with Crippen molar-refractivity contribution in [2.75, 3.05) is 60.2 Å². The van der Waals surface area contributed by atoms with Gasteiger partial charge in [-0.15, -0.1) is 24.0 Å². The second-order valence-electron chi connectivity index (χ2n) is 6.86. The number of hydrogen-bond acceptors (Lipinski definition) is 4. The van der Waals surface area contributed by atoms with Crippen molar-refractivity contribution < 1.29 is 9.47 Å². The fourth-order valence-corrected chi connectivity index (χ4v) is 3.38. The van der Waals surface area contributed by atoms with Gasteiger partial charge in [0.15, 0.2) is 5.96 Å². The number of hydrogen-bond donors (Lipinski definition) is 2. The number of halogens is 1. The number of ether oxygens (including phenoxy) is 2. The van der Waals surface area contributed by atoms with Crippen molar-refractivity contribution in [3.05, 3.63) is 35.9 Å². The van der Waals surface area contributed by atoms with Crippen molar-refractivity contribution in [3.8, 4) is 0 Å². The maximum Gasteiger partial charge on any atom is 0.191 e. The van der Waals surface area contributed by atoms with E-state index in [4.69, 9.17) is 9.47 Å². The van der Waals surface area contributed by atoms with Gasteiger partial charge in [-0.05, 0) is 44.3 Å². The molecule has 1 unspecified atom stereocenters. The number of guanidine groups is 1. The smallest absolute Gasteiger partial charge is 0.191 e. The van der Waals surface area contributed by atoms with E-state index in [1.807, 2.05) is 7.05 Å². The molecule has 2 rings (SSSR count). The topological polar surface area (TPSA) is 58.1 Å². The van der Waals surface area contributed by atoms with Gasteiger partial charge in [-0.3, -0.25) is 9.89 Å². The van der Waals surface area contributed by atoms with Crippen molar-refractivity contribution in [2.24, 2.45) is 4.99 Å². The standard InChI is InChI=1S/C21H36N4O2.HI/c1-22-21(23-12-6-9-15-27-17-16-26-2)24-18-20(25-13-7-8-14-25)19-10-4-3-5-11-19;/h3-5,10-11,20H,6-9,12-18H2,1-2H3,(H2,22,23,24);1H. The van der Waals surface area contributed by atoms with Crippen LogP contribution in [0.15, 0.2) is 35.3 Å². The van der Waals surface area contributed by atoms with Crippen LogP contribution in [-0.2, 0) is 9.47 Å². The van der Waals surface area contributed by atoms with Crippen LogP contribution >= 0.6 is 24.0 Å². The minimum atomic E-state index is 0. The van der Waals surface area contributed by atoms with Crippen LogP contribution in [0.4, 0.5) is 0 Å². The summed E-state index contributed by atoms with van der Waals surface area (Å²) in [7, 11) is 3.52. The molecule has 1 aliphatic heterocycles. The first kappa shape index (κ1) is 25.1. The molecular weight excluding hydrogens is 467 g/mol. The molecule has 0 saturated carbocycles. The number of aliphatic imine (C=N–C) groups is 1. The van der Waals surface area contributed by atoms with Crippen molar-refractivity contribution in [1.82, 2.24) is 15.5 Å². The van der Waals surface area contributed by atoms with Gasteiger partial charge in [-0.2, -0.15) is 0 Å². The number of nitrogens with zero attached hydrogens (tertiary/aromatic N) is 2. The minimum absolute atomic E-state index is 0. The van der Waals surface area contributed by atoms with E-state index in [1.165, 1.54) is 31.5 Å². The molecule has 0 bridgehead atoms. The summed E-state index contributed by atoms with van der Waals surface area (Å²) >= 11 is 0. The van der Waals surface area contributed by atoms with Gasteiger partial charge in [-0.25, -0.2) is 0 Å². The van der Waals surface area contributed by atoms with Crippen LogP contribution < -0.4 is 10.6 Å². The lowest BCUT2D eigenvalue weighted by Crippen LogP contribution is -2.43. The molecule has 1 aromatic carbocycles. The highest BCUT2D eigenvalue weighted by Crippen LogP contribution is 2.24. The molecule has 7 heteroatoms. The van der Waals surface area contributed by atoms with Crippen molar-refractivity contribution in [2.45, 2.75) is 31.7 Å². The highest BCUT2D eigenvalue weighted by molar-refractivity contribution is 14.0. The van der Waals surface area contributed by atoms with E-state index in [1.54, 1.807) is 7.11 Å². The summed E-state index contributed by atoms with van der Waals surface area (Å²) in [6, 6.07) is 11.2. The van der Waals surface area contributed by atoms with Crippen molar-refractivity contribution in [3.63, 3.8) is 0 Å². The molecule has 2 N–H and O–H groups in total. The SMILES string of the molecule is CN=C(NCCCCOCCOC)NCC(c1ccccc1)N1CCCC1.I. The number of unbranched alkanes of at least 4 members (excludes halogenated alkanes) is 1. The van der Waals surface area contributed by atoms with Gasteiger partial charge in [0.2, 0.25) is 0 Å². The third kappa shape index (κ3) is 9.54. The van der Waals surface area contributed by atoms with E-state index in [2.05, 4.69) is 50.9 Å². The average Bonchev–Trinajstić information content (AvgIpc) is 3.24. The molecule has 1 heterocycles. The fraction of sp³-hybridized carbons (Fsp3) is 0.667. The average molecular weight is 504 g/mol. The highest BCUT2D eigenvalue weighted by Gasteiger charge is 2.23. The molecule has 6 nitrogen and oxygen atoms in total. The van der Waals surface area contributed by atoms with Crippen LogP contribution in [0, 0.1) is 0 Å². The van der Waals surface area contributed by atoms with Crippen molar-refractivity contribution >= 4 is 29.9 Å². The lowest BCUT2D eigenvalue weighted by Gasteiger charge is -2.29. The van der Waals surface area contributed by atoms with E-state index in [0.717, 1.165) is 38.5 Å². The molecule has 1 saturated heterocycles. The summed E-state index contributed by atoms with van der Waals surface area (Å²) < 4.78 is 10.5. The number of benzene rings is 1. The first-order valence-corrected chi connectivity index (χ1v) is 10.2. The monoisotopic (exact) mass is 504 g/mol. The summed E-state index contributed by atoms with van der Waals surface area (Å²) in [6.07, 6.45) is 4.68. The van der Waals surface area contributed by atoms with Crippen LogP contribution in [0.1, 0.15) is 37.3 Å². The summed E-state index contributed by atoms with van der Waals surface area (Å²) in [5, 5.41) is 6.92. The molecular formula is C21H37IN4O2. The third-order valence-corrected chi connectivity index (χ3v) is 4.89. The second-order valence-corrected chi connectivity index (χ2v) is 6.86. The molecule has 0 aliphatic carbocycles. The number of nitrogens with one attached hydrogen (secondary N) is 2. The van der Waals surface area contributed by atoms with Gasteiger partial charge in [0.25, 0.3) is 0 Å². The zero-order chi connectivity index (χ0) is 19.2. The molecule has 1 fully saturated rings. The maximum atomic E-state index is 5.49. The predicted molar refractivity (Wildman–Crippen MR) is 127 cm³/mol. The lowest BCUT2D eigenvalue weighted by molar-refractivity contribution is 0.0689. The van der Waals surface area contributed by atoms with Gasteiger partial charge in [0.1, 0.15) is 0 Å². The molecule has 0 spiro atoms. The van der Waals surface area contributed by atoms with Crippen molar-refractivity contribution in [1.29, 1.82) is 0 Å². The molecule has 0 radical (unpaired) electrons. The molecule has 0 amide bonds. The molecule has 1 aromatic rings. The molecule has 1 atom stereocenters. The minimum Gasteiger partial charge on any atom is -0.382 e. The van der Waals surface area contributed by atoms with Crippen LogP contribution in [0.3, 0.4) is 0 Å². The van der Waals surface area contributed by atoms with Gasteiger partial charge in [0.05, 0.1) is 19.3 Å². The summed E-state index contributed by atoms with van der Waals surface area (Å²) in [6.45, 7) is 6.23. The summed E-state index contributed by atoms with van der Waals surface area (Å²) in [5.41, 5.74) is 1.37. The van der Waals surface area contributed by atoms with Gasteiger partial charge >= 0.3 is 0 Å². The highest BCUT2D eigenvalue weighted by atomic mass is 127. The Hall–Kier alpha value is -0.900. The van der Waals surface area contributed by atoms with Gasteiger partial charge in [0, 0.05) is 33.9 Å². The normalized spacial score (nSPS) is 15.9. The lowest BCUT2D eigenvalue weighted by atomic mass is 10.1.